The molecule has 5 heteroatoms. The standard InChI is InChI=1S/C21H25FN2O2/c1-16(13-17-5-7-20(25)8-6-17)23-10-9-21(26)24(12-11-23)15-18-3-2-4-19(22)14-18/h2-8,14,16,25H,9-13,15H2,1H3. The number of benzene rings is 2. The van der Waals surface area contributed by atoms with Crippen LogP contribution in [0, 0.1) is 5.82 Å². The van der Waals surface area contributed by atoms with Gasteiger partial charge in [-0.15, -0.1) is 0 Å². The number of phenolic OH excluding ortho intramolecular Hbond substituents is 1. The average Bonchev–Trinajstić information content (AvgIpc) is 2.79. The predicted molar refractivity (Wildman–Crippen MR) is 99.3 cm³/mol. The predicted octanol–water partition coefficient (Wildman–Crippen LogP) is 3.20. The van der Waals surface area contributed by atoms with Crippen LogP contribution in [-0.2, 0) is 17.8 Å². The SMILES string of the molecule is CC(Cc1ccc(O)cc1)N1CCC(=O)N(Cc2cccc(F)c2)CC1. The molecule has 1 atom stereocenters. The molecule has 1 unspecified atom stereocenters. The van der Waals surface area contributed by atoms with Gasteiger partial charge >= 0.3 is 0 Å². The molecule has 1 amide bonds. The molecule has 0 aromatic heterocycles. The Morgan fingerprint density at radius 3 is 2.58 bits per heavy atom. The van der Waals surface area contributed by atoms with Gasteiger partial charge in [0.2, 0.25) is 5.91 Å². The van der Waals surface area contributed by atoms with Gasteiger partial charge in [0.1, 0.15) is 11.6 Å². The number of carbonyl (C=O) groups excluding carboxylic acids is 1. The number of nitrogens with zero attached hydrogens (tertiary/aromatic N) is 2. The molecule has 0 bridgehead atoms. The van der Waals surface area contributed by atoms with Gasteiger partial charge in [0.25, 0.3) is 0 Å². The van der Waals surface area contributed by atoms with Crippen molar-refractivity contribution in [3.8, 4) is 5.75 Å². The highest BCUT2D eigenvalue weighted by Crippen LogP contribution is 2.17. The smallest absolute Gasteiger partial charge is 0.224 e. The first kappa shape index (κ1) is 18.4. The van der Waals surface area contributed by atoms with E-state index >= 15 is 0 Å². The number of carbonyl (C=O) groups is 1. The Hall–Kier alpha value is -2.40. The maximum absolute atomic E-state index is 13.4. The first-order chi connectivity index (χ1) is 12.5. The lowest BCUT2D eigenvalue weighted by Crippen LogP contribution is -2.38. The van der Waals surface area contributed by atoms with E-state index in [2.05, 4.69) is 11.8 Å². The monoisotopic (exact) mass is 356 g/mol. The number of aromatic hydroxyl groups is 1. The second-order valence-electron chi connectivity index (χ2n) is 6.95. The fraction of sp³-hybridized carbons (Fsp3) is 0.381. The van der Waals surface area contributed by atoms with Gasteiger partial charge in [-0.2, -0.15) is 0 Å². The average molecular weight is 356 g/mol. The number of halogens is 1. The van der Waals surface area contributed by atoms with E-state index in [1.165, 1.54) is 17.7 Å². The molecule has 4 nitrogen and oxygen atoms in total. The summed E-state index contributed by atoms with van der Waals surface area (Å²) in [4.78, 5) is 16.6. The van der Waals surface area contributed by atoms with Gasteiger partial charge in [-0.3, -0.25) is 9.69 Å². The molecule has 1 heterocycles. The zero-order valence-electron chi connectivity index (χ0n) is 15.1. The zero-order valence-corrected chi connectivity index (χ0v) is 15.1. The van der Waals surface area contributed by atoms with Crippen LogP contribution in [0.1, 0.15) is 24.5 Å². The van der Waals surface area contributed by atoms with Crippen LogP contribution in [0.15, 0.2) is 48.5 Å². The first-order valence-corrected chi connectivity index (χ1v) is 9.05. The molecule has 1 aliphatic heterocycles. The summed E-state index contributed by atoms with van der Waals surface area (Å²) in [6, 6.07) is 14.0. The minimum absolute atomic E-state index is 0.119. The summed E-state index contributed by atoms with van der Waals surface area (Å²) in [6.07, 6.45) is 1.35. The summed E-state index contributed by atoms with van der Waals surface area (Å²) in [5.41, 5.74) is 1.99. The molecule has 138 valence electrons. The van der Waals surface area contributed by atoms with Gasteiger partial charge in [-0.1, -0.05) is 24.3 Å². The lowest BCUT2D eigenvalue weighted by molar-refractivity contribution is -0.130. The largest absolute Gasteiger partial charge is 0.508 e. The fourth-order valence-corrected chi connectivity index (χ4v) is 3.45. The molecular formula is C21H25FN2O2. The molecule has 1 aliphatic rings. The maximum atomic E-state index is 13.4. The van der Waals surface area contributed by atoms with Crippen LogP contribution >= 0.6 is 0 Å². The molecule has 2 aromatic carbocycles. The van der Waals surface area contributed by atoms with Crippen LogP contribution in [0.25, 0.3) is 0 Å². The van der Waals surface area contributed by atoms with Gasteiger partial charge in [0.15, 0.2) is 0 Å². The Morgan fingerprint density at radius 1 is 1.08 bits per heavy atom. The van der Waals surface area contributed by atoms with Crippen LogP contribution < -0.4 is 0 Å². The van der Waals surface area contributed by atoms with E-state index in [0.717, 1.165) is 25.1 Å². The van der Waals surface area contributed by atoms with E-state index in [0.29, 0.717) is 25.6 Å². The van der Waals surface area contributed by atoms with Crippen LogP contribution in [0.2, 0.25) is 0 Å². The number of hydrogen-bond acceptors (Lipinski definition) is 3. The van der Waals surface area contributed by atoms with Crippen LogP contribution in [0.3, 0.4) is 0 Å². The molecule has 26 heavy (non-hydrogen) atoms. The van der Waals surface area contributed by atoms with Gasteiger partial charge in [0.05, 0.1) is 0 Å². The van der Waals surface area contributed by atoms with Gasteiger partial charge < -0.3 is 10.0 Å². The number of phenols is 1. The van der Waals surface area contributed by atoms with Crippen molar-refractivity contribution in [3.05, 3.63) is 65.5 Å². The Kier molecular flexibility index (Phi) is 5.89. The maximum Gasteiger partial charge on any atom is 0.224 e. The van der Waals surface area contributed by atoms with E-state index in [-0.39, 0.29) is 17.5 Å². The van der Waals surface area contributed by atoms with Crippen molar-refractivity contribution >= 4 is 5.91 Å². The minimum atomic E-state index is -0.270. The van der Waals surface area contributed by atoms with E-state index in [1.54, 1.807) is 18.2 Å². The highest BCUT2D eigenvalue weighted by molar-refractivity contribution is 5.76. The Bertz CT molecular complexity index is 748. The summed E-state index contributed by atoms with van der Waals surface area (Å²) >= 11 is 0. The summed E-state index contributed by atoms with van der Waals surface area (Å²) in [7, 11) is 0. The van der Waals surface area contributed by atoms with E-state index < -0.39 is 0 Å². The molecule has 2 aromatic rings. The summed E-state index contributed by atoms with van der Waals surface area (Å²) in [6.45, 7) is 4.81. The normalized spacial score (nSPS) is 17.2. The molecule has 0 aliphatic carbocycles. The third-order valence-corrected chi connectivity index (χ3v) is 4.98. The lowest BCUT2D eigenvalue weighted by atomic mass is 10.1. The molecule has 3 rings (SSSR count). The topological polar surface area (TPSA) is 43.8 Å². The molecular weight excluding hydrogens is 331 g/mol. The minimum Gasteiger partial charge on any atom is -0.508 e. The fourth-order valence-electron chi connectivity index (χ4n) is 3.45. The quantitative estimate of drug-likeness (QED) is 0.895. The number of amides is 1. The Morgan fingerprint density at radius 2 is 1.85 bits per heavy atom. The van der Waals surface area contributed by atoms with Gasteiger partial charge in [-0.05, 0) is 48.7 Å². The van der Waals surface area contributed by atoms with E-state index in [9.17, 15) is 14.3 Å². The summed E-state index contributed by atoms with van der Waals surface area (Å²) in [5, 5.41) is 9.40. The summed E-state index contributed by atoms with van der Waals surface area (Å²) in [5.74, 6) is 0.122. The van der Waals surface area contributed by atoms with Crippen molar-refractivity contribution < 1.29 is 14.3 Å². The van der Waals surface area contributed by atoms with Crippen molar-refractivity contribution in [2.75, 3.05) is 19.6 Å². The van der Waals surface area contributed by atoms with Crippen molar-refractivity contribution in [2.24, 2.45) is 0 Å². The third kappa shape index (κ3) is 4.82. The van der Waals surface area contributed by atoms with Gasteiger partial charge in [-0.25, -0.2) is 4.39 Å². The van der Waals surface area contributed by atoms with Gasteiger partial charge in [0, 0.05) is 38.6 Å². The molecule has 0 spiro atoms. The van der Waals surface area contributed by atoms with Crippen molar-refractivity contribution in [2.45, 2.75) is 32.4 Å². The van der Waals surface area contributed by atoms with Crippen molar-refractivity contribution in [3.63, 3.8) is 0 Å². The second kappa shape index (κ2) is 8.32. The number of rotatable bonds is 5. The summed E-state index contributed by atoms with van der Waals surface area (Å²) < 4.78 is 13.4. The highest BCUT2D eigenvalue weighted by Gasteiger charge is 2.24. The van der Waals surface area contributed by atoms with Crippen LogP contribution in [0.5, 0.6) is 5.75 Å². The molecule has 1 fully saturated rings. The Balaban J connectivity index is 1.59. The molecule has 1 N–H and O–H groups in total. The highest BCUT2D eigenvalue weighted by atomic mass is 19.1. The lowest BCUT2D eigenvalue weighted by Gasteiger charge is -2.28. The molecule has 1 saturated heterocycles. The van der Waals surface area contributed by atoms with Crippen molar-refractivity contribution in [1.29, 1.82) is 0 Å². The molecule has 0 radical (unpaired) electrons. The van der Waals surface area contributed by atoms with Crippen molar-refractivity contribution in [1.82, 2.24) is 9.80 Å². The zero-order chi connectivity index (χ0) is 18.5. The first-order valence-electron chi connectivity index (χ1n) is 9.05. The van der Waals surface area contributed by atoms with Crippen LogP contribution in [-0.4, -0.2) is 46.5 Å². The van der Waals surface area contributed by atoms with E-state index in [1.807, 2.05) is 23.1 Å². The number of hydrogen-bond donors (Lipinski definition) is 1. The third-order valence-electron chi connectivity index (χ3n) is 4.98. The second-order valence-corrected chi connectivity index (χ2v) is 6.95. The van der Waals surface area contributed by atoms with Crippen LogP contribution in [0.4, 0.5) is 4.39 Å². The Labute approximate surface area is 153 Å². The molecule has 0 saturated carbocycles. The van der Waals surface area contributed by atoms with E-state index in [4.69, 9.17) is 0 Å².